The zero-order valence-electron chi connectivity index (χ0n) is 9.45. The lowest BCUT2D eigenvalue weighted by Gasteiger charge is -2.32. The molecule has 1 saturated heterocycles. The van der Waals surface area contributed by atoms with Gasteiger partial charge < -0.3 is 9.84 Å². The summed E-state index contributed by atoms with van der Waals surface area (Å²) in [6, 6.07) is -0.288. The van der Waals surface area contributed by atoms with E-state index in [1.165, 1.54) is 0 Å². The molecule has 0 aromatic carbocycles. The maximum Gasteiger partial charge on any atom is 0.320 e. The molecule has 0 amide bonds. The quantitative estimate of drug-likeness (QED) is 0.679. The van der Waals surface area contributed by atoms with Gasteiger partial charge in [-0.1, -0.05) is 13.3 Å². The summed E-state index contributed by atoms with van der Waals surface area (Å²) in [5, 5.41) is 9.03. The van der Waals surface area contributed by atoms with Gasteiger partial charge in [-0.3, -0.25) is 9.69 Å². The zero-order valence-corrected chi connectivity index (χ0v) is 9.45. The molecular weight excluding hydrogens is 194 g/mol. The lowest BCUT2D eigenvalue weighted by molar-refractivity contribution is -0.144. The lowest BCUT2D eigenvalue weighted by atomic mass is 10.0. The van der Waals surface area contributed by atoms with Crippen LogP contribution < -0.4 is 0 Å². The fourth-order valence-electron chi connectivity index (χ4n) is 1.97. The molecule has 0 bridgehead atoms. The standard InChI is InChI=1S/C11H21NO3/c1-2-8-15-9-7-12-6-4-3-5-10(12)11(13)14/h10H,2-9H2,1H3,(H,13,14). The van der Waals surface area contributed by atoms with Crippen molar-refractivity contribution in [2.45, 2.75) is 38.6 Å². The number of carboxylic acids is 1. The second-order valence-electron chi connectivity index (χ2n) is 4.00. The summed E-state index contributed by atoms with van der Waals surface area (Å²) in [7, 11) is 0. The first kappa shape index (κ1) is 12.5. The summed E-state index contributed by atoms with van der Waals surface area (Å²) >= 11 is 0. The van der Waals surface area contributed by atoms with Crippen LogP contribution in [0, 0.1) is 0 Å². The number of likely N-dealkylation sites (tertiary alicyclic amines) is 1. The highest BCUT2D eigenvalue weighted by Gasteiger charge is 2.27. The number of carboxylic acid groups (broad SMARTS) is 1. The van der Waals surface area contributed by atoms with E-state index in [0.717, 1.165) is 45.4 Å². The van der Waals surface area contributed by atoms with E-state index in [1.54, 1.807) is 0 Å². The van der Waals surface area contributed by atoms with Gasteiger partial charge in [0, 0.05) is 13.2 Å². The van der Waals surface area contributed by atoms with E-state index in [0.29, 0.717) is 6.61 Å². The molecule has 88 valence electrons. The summed E-state index contributed by atoms with van der Waals surface area (Å²) in [5.74, 6) is -0.690. The summed E-state index contributed by atoms with van der Waals surface area (Å²) in [6.45, 7) is 5.13. The van der Waals surface area contributed by atoms with Crippen LogP contribution >= 0.6 is 0 Å². The first-order valence-electron chi connectivity index (χ1n) is 5.80. The molecule has 0 radical (unpaired) electrons. The minimum absolute atomic E-state index is 0.288. The molecule has 1 unspecified atom stereocenters. The lowest BCUT2D eigenvalue weighted by Crippen LogP contribution is -2.46. The normalized spacial score (nSPS) is 22.9. The molecule has 1 rings (SSSR count). The number of nitrogens with zero attached hydrogens (tertiary/aromatic N) is 1. The van der Waals surface area contributed by atoms with Crippen molar-refractivity contribution in [3.63, 3.8) is 0 Å². The molecule has 1 aliphatic heterocycles. The first-order chi connectivity index (χ1) is 7.25. The van der Waals surface area contributed by atoms with Gasteiger partial charge in [-0.15, -0.1) is 0 Å². The third kappa shape index (κ3) is 4.18. The Balaban J connectivity index is 2.26. The minimum Gasteiger partial charge on any atom is -0.480 e. The first-order valence-corrected chi connectivity index (χ1v) is 5.80. The van der Waals surface area contributed by atoms with Gasteiger partial charge in [0.15, 0.2) is 0 Å². The summed E-state index contributed by atoms with van der Waals surface area (Å²) in [5.41, 5.74) is 0. The number of hydrogen-bond acceptors (Lipinski definition) is 3. The Labute approximate surface area is 91.2 Å². The van der Waals surface area contributed by atoms with Crippen molar-refractivity contribution in [2.24, 2.45) is 0 Å². The number of piperidine rings is 1. The van der Waals surface area contributed by atoms with Gasteiger partial charge in [-0.25, -0.2) is 0 Å². The Morgan fingerprint density at radius 2 is 2.27 bits per heavy atom. The van der Waals surface area contributed by atoms with E-state index >= 15 is 0 Å². The van der Waals surface area contributed by atoms with Gasteiger partial charge in [0.25, 0.3) is 0 Å². The van der Waals surface area contributed by atoms with Gasteiger partial charge in [0.1, 0.15) is 6.04 Å². The highest BCUT2D eigenvalue weighted by Crippen LogP contribution is 2.16. The second-order valence-corrected chi connectivity index (χ2v) is 4.00. The number of rotatable bonds is 6. The van der Waals surface area contributed by atoms with Gasteiger partial charge in [0.05, 0.1) is 6.61 Å². The Morgan fingerprint density at radius 1 is 1.47 bits per heavy atom. The zero-order chi connectivity index (χ0) is 11.1. The Bertz CT molecular complexity index is 196. The highest BCUT2D eigenvalue weighted by molar-refractivity contribution is 5.73. The summed E-state index contributed by atoms with van der Waals surface area (Å²) < 4.78 is 5.38. The highest BCUT2D eigenvalue weighted by atomic mass is 16.5. The third-order valence-electron chi connectivity index (χ3n) is 2.77. The van der Waals surface area contributed by atoms with Crippen LogP contribution in [0.15, 0.2) is 0 Å². The summed E-state index contributed by atoms with van der Waals surface area (Å²) in [6.07, 6.45) is 3.94. The van der Waals surface area contributed by atoms with Crippen molar-refractivity contribution in [1.29, 1.82) is 0 Å². The van der Waals surface area contributed by atoms with Gasteiger partial charge in [0.2, 0.25) is 0 Å². The largest absolute Gasteiger partial charge is 0.480 e. The fourth-order valence-corrected chi connectivity index (χ4v) is 1.97. The smallest absolute Gasteiger partial charge is 0.320 e. The number of aliphatic carboxylic acids is 1. The van der Waals surface area contributed by atoms with Gasteiger partial charge in [-0.05, 0) is 25.8 Å². The maximum absolute atomic E-state index is 11.0. The predicted molar refractivity (Wildman–Crippen MR) is 58.0 cm³/mol. The van der Waals surface area contributed by atoms with E-state index < -0.39 is 5.97 Å². The van der Waals surface area contributed by atoms with Crippen molar-refractivity contribution in [3.05, 3.63) is 0 Å². The average molecular weight is 215 g/mol. The van der Waals surface area contributed by atoms with Crippen molar-refractivity contribution >= 4 is 5.97 Å². The van der Waals surface area contributed by atoms with Gasteiger partial charge >= 0.3 is 5.97 Å². The maximum atomic E-state index is 11.0. The van der Waals surface area contributed by atoms with E-state index in [9.17, 15) is 4.79 Å². The fraction of sp³-hybridized carbons (Fsp3) is 0.909. The molecular formula is C11H21NO3. The van der Waals surface area contributed by atoms with Crippen LogP contribution in [-0.2, 0) is 9.53 Å². The molecule has 0 aromatic rings. The Hall–Kier alpha value is -0.610. The van der Waals surface area contributed by atoms with Gasteiger partial charge in [-0.2, -0.15) is 0 Å². The molecule has 1 heterocycles. The monoisotopic (exact) mass is 215 g/mol. The van der Waals surface area contributed by atoms with Crippen LogP contribution in [0.25, 0.3) is 0 Å². The summed E-state index contributed by atoms with van der Waals surface area (Å²) in [4.78, 5) is 13.0. The van der Waals surface area contributed by atoms with E-state index in [4.69, 9.17) is 9.84 Å². The van der Waals surface area contributed by atoms with Crippen LogP contribution in [-0.4, -0.2) is 48.3 Å². The molecule has 1 aliphatic rings. The minimum atomic E-state index is -0.690. The van der Waals surface area contributed by atoms with Crippen LogP contribution in [0.2, 0.25) is 0 Å². The third-order valence-corrected chi connectivity index (χ3v) is 2.77. The molecule has 0 aromatic heterocycles. The average Bonchev–Trinajstić information content (AvgIpc) is 2.25. The SMILES string of the molecule is CCCOCCN1CCCCC1C(=O)O. The molecule has 0 aliphatic carbocycles. The molecule has 1 N–H and O–H groups in total. The predicted octanol–water partition coefficient (Wildman–Crippen LogP) is 1.35. The molecule has 0 saturated carbocycles. The van der Waals surface area contributed by atoms with Crippen LogP contribution in [0.3, 0.4) is 0 Å². The van der Waals surface area contributed by atoms with E-state index in [-0.39, 0.29) is 6.04 Å². The number of ether oxygens (including phenoxy) is 1. The second kappa shape index (κ2) is 6.80. The molecule has 15 heavy (non-hydrogen) atoms. The Morgan fingerprint density at radius 3 is 2.93 bits per heavy atom. The van der Waals surface area contributed by atoms with Crippen molar-refractivity contribution in [1.82, 2.24) is 4.90 Å². The van der Waals surface area contributed by atoms with Crippen LogP contribution in [0.5, 0.6) is 0 Å². The van der Waals surface area contributed by atoms with Crippen molar-refractivity contribution < 1.29 is 14.6 Å². The number of carbonyl (C=O) groups is 1. The van der Waals surface area contributed by atoms with Crippen molar-refractivity contribution in [3.8, 4) is 0 Å². The molecule has 4 heteroatoms. The molecule has 1 fully saturated rings. The Kier molecular flexibility index (Phi) is 5.65. The molecule has 1 atom stereocenters. The molecule has 4 nitrogen and oxygen atoms in total. The van der Waals surface area contributed by atoms with Crippen molar-refractivity contribution in [2.75, 3.05) is 26.3 Å². The van der Waals surface area contributed by atoms with Crippen LogP contribution in [0.4, 0.5) is 0 Å². The van der Waals surface area contributed by atoms with E-state index in [1.807, 2.05) is 4.90 Å². The van der Waals surface area contributed by atoms with Crippen LogP contribution in [0.1, 0.15) is 32.6 Å². The molecule has 0 spiro atoms. The topological polar surface area (TPSA) is 49.8 Å². The number of hydrogen-bond donors (Lipinski definition) is 1. The van der Waals surface area contributed by atoms with E-state index in [2.05, 4.69) is 6.92 Å².